The first-order valence-electron chi connectivity index (χ1n) is 11.8. The van der Waals surface area contributed by atoms with E-state index in [-0.39, 0.29) is 30.2 Å². The van der Waals surface area contributed by atoms with Crippen molar-refractivity contribution in [3.05, 3.63) is 86.0 Å². The second-order valence-electron chi connectivity index (χ2n) is 8.79. The minimum Gasteiger partial charge on any atom is -0.496 e. The quantitative estimate of drug-likeness (QED) is 0.179. The van der Waals surface area contributed by atoms with Gasteiger partial charge in [0.2, 0.25) is 0 Å². The number of nitrogens with one attached hydrogen (secondary N) is 2. The maximum atomic E-state index is 13.8. The van der Waals surface area contributed by atoms with Crippen LogP contribution in [0.5, 0.6) is 5.75 Å². The molecule has 0 fully saturated rings. The molecule has 1 amide bonds. The number of rotatable bonds is 8. The van der Waals surface area contributed by atoms with Gasteiger partial charge in [-0.25, -0.2) is 10.1 Å². The molecule has 0 radical (unpaired) electrons. The van der Waals surface area contributed by atoms with Crippen molar-refractivity contribution in [1.82, 2.24) is 25.0 Å². The SMILES string of the molecule is COc1ccc(/C=N\NC(=O)c2cc3n(n2)[C@@H](C(F)(F)F)C[C@H](c2cccs2)N3)cc1Cn1cc([N+](=O)[O-])cn1. The summed E-state index contributed by atoms with van der Waals surface area (Å²) in [4.78, 5) is 23.8. The number of nitrogens with zero attached hydrogens (tertiary/aromatic N) is 6. The third-order valence-electron chi connectivity index (χ3n) is 6.16. The van der Waals surface area contributed by atoms with E-state index < -0.39 is 29.1 Å². The number of carbonyl (C=O) groups excluding carboxylic acids is 1. The summed E-state index contributed by atoms with van der Waals surface area (Å²) in [5.74, 6) is -0.193. The molecule has 2 atom stereocenters. The van der Waals surface area contributed by atoms with Crippen molar-refractivity contribution in [3.8, 4) is 5.75 Å². The lowest BCUT2D eigenvalue weighted by molar-refractivity contribution is -0.385. The highest BCUT2D eigenvalue weighted by Gasteiger charge is 2.47. The highest BCUT2D eigenvalue weighted by atomic mass is 32.1. The van der Waals surface area contributed by atoms with Crippen molar-refractivity contribution >= 4 is 35.0 Å². The summed E-state index contributed by atoms with van der Waals surface area (Å²) in [6.07, 6.45) is -1.06. The lowest BCUT2D eigenvalue weighted by Gasteiger charge is -2.32. The number of hydrogen-bond donors (Lipinski definition) is 2. The van der Waals surface area contributed by atoms with Gasteiger partial charge in [0.1, 0.15) is 24.0 Å². The molecule has 0 spiro atoms. The first-order chi connectivity index (χ1) is 19.1. The standard InChI is InChI=1S/C24H21F3N8O4S/c1-39-19-5-4-14(7-15(19)12-33-13-16(11-29-33)35(37)38)10-28-31-23(36)18-9-22-30-17(20-3-2-6-40-20)8-21(24(25,26)27)34(22)32-18/h2-7,9-11,13,17,21,30H,8,12H2,1H3,(H,31,36)/b28-10-/t17-,21-/m1/s1. The molecule has 3 aromatic heterocycles. The molecular weight excluding hydrogens is 553 g/mol. The number of ether oxygens (including phenoxy) is 1. The Balaban J connectivity index is 1.30. The maximum Gasteiger partial charge on any atom is 0.410 e. The Labute approximate surface area is 228 Å². The van der Waals surface area contributed by atoms with Gasteiger partial charge in [0.05, 0.1) is 30.8 Å². The molecule has 1 aromatic carbocycles. The van der Waals surface area contributed by atoms with Crippen LogP contribution in [0.15, 0.2) is 59.3 Å². The summed E-state index contributed by atoms with van der Waals surface area (Å²) in [5, 5.41) is 27.5. The largest absolute Gasteiger partial charge is 0.496 e. The Morgan fingerprint density at radius 2 is 2.20 bits per heavy atom. The van der Waals surface area contributed by atoms with Crippen LogP contribution in [0.3, 0.4) is 0 Å². The molecular formula is C24H21F3N8O4S. The number of benzene rings is 1. The third kappa shape index (κ3) is 5.66. The Kier molecular flexibility index (Phi) is 7.25. The van der Waals surface area contributed by atoms with Crippen LogP contribution in [0.2, 0.25) is 0 Å². The molecule has 0 bridgehead atoms. The van der Waals surface area contributed by atoms with Gasteiger partial charge in [-0.1, -0.05) is 6.07 Å². The molecule has 4 heterocycles. The van der Waals surface area contributed by atoms with Gasteiger partial charge in [-0.3, -0.25) is 19.6 Å². The van der Waals surface area contributed by atoms with E-state index in [1.165, 1.54) is 41.6 Å². The Hall–Kier alpha value is -4.73. The van der Waals surface area contributed by atoms with E-state index in [1.807, 2.05) is 0 Å². The fourth-order valence-electron chi connectivity index (χ4n) is 4.29. The van der Waals surface area contributed by atoms with Gasteiger partial charge in [-0.05, 0) is 35.2 Å². The second-order valence-corrected chi connectivity index (χ2v) is 9.77. The van der Waals surface area contributed by atoms with Gasteiger partial charge >= 0.3 is 11.9 Å². The van der Waals surface area contributed by atoms with Gasteiger partial charge in [0.25, 0.3) is 5.91 Å². The summed E-state index contributed by atoms with van der Waals surface area (Å²) in [5.41, 5.74) is 3.10. The van der Waals surface area contributed by atoms with Gasteiger partial charge in [-0.2, -0.15) is 28.5 Å². The Morgan fingerprint density at radius 3 is 2.88 bits per heavy atom. The summed E-state index contributed by atoms with van der Waals surface area (Å²) in [7, 11) is 1.48. The van der Waals surface area contributed by atoms with Crippen molar-refractivity contribution in [1.29, 1.82) is 0 Å². The molecule has 2 N–H and O–H groups in total. The van der Waals surface area contributed by atoms with Crippen molar-refractivity contribution in [2.45, 2.75) is 31.2 Å². The van der Waals surface area contributed by atoms with E-state index in [2.05, 4.69) is 26.0 Å². The number of hydrazone groups is 1. The molecule has 1 aliphatic heterocycles. The number of nitro groups is 1. The number of methoxy groups -OCH3 is 1. The number of alkyl halides is 3. The van der Waals surface area contributed by atoms with Crippen LogP contribution in [-0.4, -0.2) is 49.9 Å². The van der Waals surface area contributed by atoms with Crippen LogP contribution in [-0.2, 0) is 6.54 Å². The zero-order valence-corrected chi connectivity index (χ0v) is 21.5. The summed E-state index contributed by atoms with van der Waals surface area (Å²) in [6.45, 7) is 0.172. The number of thiophene rings is 1. The monoisotopic (exact) mass is 574 g/mol. The fraction of sp³-hybridized carbons (Fsp3) is 0.250. The fourth-order valence-corrected chi connectivity index (χ4v) is 5.08. The van der Waals surface area contributed by atoms with Gasteiger partial charge < -0.3 is 10.1 Å². The molecule has 40 heavy (non-hydrogen) atoms. The van der Waals surface area contributed by atoms with Gasteiger partial charge in [0, 0.05) is 22.9 Å². The molecule has 16 heteroatoms. The average Bonchev–Trinajstić information content (AvgIpc) is 3.68. The van der Waals surface area contributed by atoms with Crippen LogP contribution >= 0.6 is 11.3 Å². The smallest absolute Gasteiger partial charge is 0.410 e. The number of halogens is 3. The molecule has 4 aromatic rings. The van der Waals surface area contributed by atoms with Crippen LogP contribution in [0.4, 0.5) is 24.7 Å². The van der Waals surface area contributed by atoms with Gasteiger partial charge in [-0.15, -0.1) is 11.3 Å². The van der Waals surface area contributed by atoms with Crippen LogP contribution in [0.25, 0.3) is 0 Å². The normalized spacial score (nSPS) is 16.9. The molecule has 0 unspecified atom stereocenters. The molecule has 0 aliphatic carbocycles. The first kappa shape index (κ1) is 26.9. The van der Waals surface area contributed by atoms with E-state index in [0.717, 1.165) is 15.8 Å². The van der Waals surface area contributed by atoms with E-state index >= 15 is 0 Å². The first-order valence-corrected chi connectivity index (χ1v) is 12.6. The van der Waals surface area contributed by atoms with Crippen molar-refractivity contribution in [3.63, 3.8) is 0 Å². The van der Waals surface area contributed by atoms with Gasteiger partial charge in [0.15, 0.2) is 11.7 Å². The number of carbonyl (C=O) groups is 1. The van der Waals surface area contributed by atoms with E-state index in [0.29, 0.717) is 16.9 Å². The summed E-state index contributed by atoms with van der Waals surface area (Å²) in [6, 6.07) is 7.35. The highest BCUT2D eigenvalue weighted by molar-refractivity contribution is 7.10. The summed E-state index contributed by atoms with van der Waals surface area (Å²) < 4.78 is 49.0. The third-order valence-corrected chi connectivity index (χ3v) is 7.14. The summed E-state index contributed by atoms with van der Waals surface area (Å²) >= 11 is 1.35. The number of anilines is 1. The van der Waals surface area contributed by atoms with Crippen molar-refractivity contribution in [2.75, 3.05) is 12.4 Å². The second kappa shape index (κ2) is 10.8. The molecule has 1 aliphatic rings. The molecule has 5 rings (SSSR count). The Morgan fingerprint density at radius 1 is 1.38 bits per heavy atom. The van der Waals surface area contributed by atoms with Crippen molar-refractivity contribution < 1.29 is 27.6 Å². The predicted molar refractivity (Wildman–Crippen MR) is 139 cm³/mol. The van der Waals surface area contributed by atoms with E-state index in [1.54, 1.807) is 35.7 Å². The highest BCUT2D eigenvalue weighted by Crippen LogP contribution is 2.44. The Bertz CT molecular complexity index is 1560. The van der Waals surface area contributed by atoms with Crippen molar-refractivity contribution in [2.24, 2.45) is 5.10 Å². The predicted octanol–water partition coefficient (Wildman–Crippen LogP) is 4.53. The zero-order valence-electron chi connectivity index (χ0n) is 20.7. The number of aromatic nitrogens is 4. The molecule has 0 saturated heterocycles. The van der Waals surface area contributed by atoms with E-state index in [4.69, 9.17) is 4.74 Å². The average molecular weight is 575 g/mol. The minimum atomic E-state index is -4.56. The van der Waals surface area contributed by atoms with Crippen LogP contribution in [0, 0.1) is 10.1 Å². The number of fused-ring (bicyclic) bond motifs is 1. The number of hydrogen-bond acceptors (Lipinski definition) is 9. The lowest BCUT2D eigenvalue weighted by atomic mass is 10.0. The van der Waals surface area contributed by atoms with E-state index in [9.17, 15) is 28.1 Å². The topological polar surface area (TPSA) is 142 Å². The minimum absolute atomic E-state index is 0.0831. The molecule has 0 saturated carbocycles. The van der Waals surface area contributed by atoms with Crippen LogP contribution < -0.4 is 15.5 Å². The lowest BCUT2D eigenvalue weighted by Crippen LogP contribution is -2.35. The van der Waals surface area contributed by atoms with Crippen LogP contribution in [0.1, 0.15) is 45.0 Å². The maximum absolute atomic E-state index is 13.8. The molecule has 208 valence electrons. The number of amides is 1. The molecule has 12 nitrogen and oxygen atoms in total. The zero-order chi connectivity index (χ0) is 28.4.